The molecule has 0 aromatic heterocycles. The molecule has 1 aromatic rings. The van der Waals surface area contributed by atoms with E-state index in [4.69, 9.17) is 0 Å². The highest BCUT2D eigenvalue weighted by Crippen LogP contribution is 2.14. The molecule has 0 spiro atoms. The lowest BCUT2D eigenvalue weighted by atomic mass is 10.1. The van der Waals surface area contributed by atoms with Crippen molar-refractivity contribution in [3.05, 3.63) is 30.3 Å². The smallest absolute Gasteiger partial charge is 0.283 e. The number of benzene rings is 1. The minimum atomic E-state index is 0.0575. The van der Waals surface area contributed by atoms with Crippen LogP contribution in [0.1, 0.15) is 71.1 Å². The van der Waals surface area contributed by atoms with Crippen molar-refractivity contribution >= 4 is 22.7 Å². The molecule has 3 heteroatoms. The second kappa shape index (κ2) is 13.7. The second-order valence-corrected chi connectivity index (χ2v) is 6.88. The van der Waals surface area contributed by atoms with Gasteiger partial charge >= 0.3 is 0 Å². The summed E-state index contributed by atoms with van der Waals surface area (Å²) in [5.41, 5.74) is 0.878. The van der Waals surface area contributed by atoms with E-state index in [1.807, 2.05) is 30.3 Å². The number of hydrogen-bond acceptors (Lipinski definition) is 2. The largest absolute Gasteiger partial charge is 0.317 e. The van der Waals surface area contributed by atoms with Gasteiger partial charge in [0.15, 0.2) is 0 Å². The predicted molar refractivity (Wildman–Crippen MR) is 99.8 cm³/mol. The number of carbonyl (C=O) groups excluding carboxylic acids is 1. The second-order valence-electron chi connectivity index (χ2n) is 5.81. The van der Waals surface area contributed by atoms with Crippen LogP contribution in [-0.4, -0.2) is 11.0 Å². The molecule has 1 rings (SSSR count). The van der Waals surface area contributed by atoms with Crippen LogP contribution < -0.4 is 5.32 Å². The molecule has 0 saturated carbocycles. The Bertz CT molecular complexity index is 380. The van der Waals surface area contributed by atoms with E-state index in [0.717, 1.165) is 17.9 Å². The van der Waals surface area contributed by atoms with E-state index in [9.17, 15) is 4.79 Å². The van der Waals surface area contributed by atoms with E-state index in [0.29, 0.717) is 0 Å². The third-order valence-corrected chi connectivity index (χ3v) is 4.61. The normalized spacial score (nSPS) is 10.6. The zero-order chi connectivity index (χ0) is 15.9. The SMILES string of the molecule is CCCCCCCCCCCCSC(=O)Nc1ccccc1. The fourth-order valence-electron chi connectivity index (χ4n) is 2.43. The molecule has 0 atom stereocenters. The van der Waals surface area contributed by atoms with Crippen molar-refractivity contribution in [2.45, 2.75) is 71.1 Å². The molecule has 1 amide bonds. The van der Waals surface area contributed by atoms with E-state index in [1.165, 1.54) is 69.5 Å². The van der Waals surface area contributed by atoms with Gasteiger partial charge in [-0.15, -0.1) is 0 Å². The first-order chi connectivity index (χ1) is 10.8. The number of thioether (sulfide) groups is 1. The van der Waals surface area contributed by atoms with Crippen LogP contribution in [0.25, 0.3) is 0 Å². The van der Waals surface area contributed by atoms with Crippen LogP contribution >= 0.6 is 11.8 Å². The monoisotopic (exact) mass is 321 g/mol. The van der Waals surface area contributed by atoms with E-state index < -0.39 is 0 Å². The summed E-state index contributed by atoms with van der Waals surface area (Å²) in [5, 5.41) is 2.96. The highest BCUT2D eigenvalue weighted by molar-refractivity contribution is 8.13. The van der Waals surface area contributed by atoms with Gasteiger partial charge < -0.3 is 5.32 Å². The van der Waals surface area contributed by atoms with Crippen LogP contribution in [0.15, 0.2) is 30.3 Å². The number of amides is 1. The van der Waals surface area contributed by atoms with E-state index >= 15 is 0 Å². The van der Waals surface area contributed by atoms with Crippen LogP contribution in [0.2, 0.25) is 0 Å². The van der Waals surface area contributed by atoms with Crippen LogP contribution in [0.4, 0.5) is 10.5 Å². The summed E-state index contributed by atoms with van der Waals surface area (Å²) in [6, 6.07) is 9.65. The Balaban J connectivity index is 1.86. The Morgan fingerprint density at radius 3 is 2.00 bits per heavy atom. The lowest BCUT2D eigenvalue weighted by Gasteiger charge is -2.04. The molecule has 0 radical (unpaired) electrons. The Labute approximate surface area is 140 Å². The van der Waals surface area contributed by atoms with E-state index in [2.05, 4.69) is 12.2 Å². The highest BCUT2D eigenvalue weighted by Gasteiger charge is 2.02. The molecular weight excluding hydrogens is 290 g/mol. The minimum absolute atomic E-state index is 0.0575. The zero-order valence-electron chi connectivity index (χ0n) is 14.0. The van der Waals surface area contributed by atoms with Gasteiger partial charge in [-0.05, 0) is 18.6 Å². The van der Waals surface area contributed by atoms with Crippen LogP contribution in [0.5, 0.6) is 0 Å². The third kappa shape index (κ3) is 10.7. The maximum Gasteiger partial charge on any atom is 0.283 e. The Hall–Kier alpha value is -0.960. The first-order valence-electron chi connectivity index (χ1n) is 8.81. The highest BCUT2D eigenvalue weighted by atomic mass is 32.2. The summed E-state index contributed by atoms with van der Waals surface area (Å²) >= 11 is 1.40. The van der Waals surface area contributed by atoms with Crippen LogP contribution in [0, 0.1) is 0 Å². The van der Waals surface area contributed by atoms with Gasteiger partial charge in [0.05, 0.1) is 0 Å². The van der Waals surface area contributed by atoms with Crippen molar-refractivity contribution in [1.29, 1.82) is 0 Å². The molecule has 124 valence electrons. The average Bonchev–Trinajstić information content (AvgIpc) is 2.53. The number of anilines is 1. The van der Waals surface area contributed by atoms with Crippen molar-refractivity contribution in [3.8, 4) is 0 Å². The molecule has 2 nitrogen and oxygen atoms in total. The maximum absolute atomic E-state index is 11.7. The van der Waals surface area contributed by atoms with Gasteiger partial charge in [0.2, 0.25) is 0 Å². The van der Waals surface area contributed by atoms with Gasteiger partial charge in [0.25, 0.3) is 5.24 Å². The molecule has 0 bridgehead atoms. The third-order valence-electron chi connectivity index (χ3n) is 3.75. The topological polar surface area (TPSA) is 29.1 Å². The van der Waals surface area contributed by atoms with Crippen molar-refractivity contribution in [1.82, 2.24) is 0 Å². The van der Waals surface area contributed by atoms with Crippen molar-refractivity contribution in [3.63, 3.8) is 0 Å². The molecule has 0 aliphatic carbocycles. The Kier molecular flexibility index (Phi) is 11.9. The van der Waals surface area contributed by atoms with Gasteiger partial charge in [-0.2, -0.15) is 0 Å². The van der Waals surface area contributed by atoms with E-state index in [-0.39, 0.29) is 5.24 Å². The van der Waals surface area contributed by atoms with Crippen molar-refractivity contribution in [2.24, 2.45) is 0 Å². The standard InChI is InChI=1S/C19H31NOS/c1-2-3-4-5-6-7-8-9-10-14-17-22-19(21)20-18-15-12-11-13-16-18/h11-13,15-16H,2-10,14,17H2,1H3,(H,20,21). The molecule has 0 aliphatic rings. The van der Waals surface area contributed by atoms with Crippen molar-refractivity contribution < 1.29 is 4.79 Å². The molecule has 0 saturated heterocycles. The summed E-state index contributed by atoms with van der Waals surface area (Å²) < 4.78 is 0. The van der Waals surface area contributed by atoms with Gasteiger partial charge in [0.1, 0.15) is 0 Å². The lowest BCUT2D eigenvalue weighted by molar-refractivity contribution is 0.269. The maximum atomic E-state index is 11.7. The fraction of sp³-hybridized carbons (Fsp3) is 0.632. The fourth-order valence-corrected chi connectivity index (χ4v) is 3.15. The van der Waals surface area contributed by atoms with Crippen LogP contribution in [-0.2, 0) is 0 Å². The first kappa shape index (κ1) is 19.1. The molecule has 0 unspecified atom stereocenters. The molecular formula is C19H31NOS. The number of para-hydroxylation sites is 1. The Morgan fingerprint density at radius 2 is 1.41 bits per heavy atom. The van der Waals surface area contributed by atoms with Gasteiger partial charge in [-0.25, -0.2) is 0 Å². The van der Waals surface area contributed by atoms with Crippen molar-refractivity contribution in [2.75, 3.05) is 11.1 Å². The molecule has 1 aromatic carbocycles. The number of nitrogens with one attached hydrogen (secondary N) is 1. The molecule has 0 fully saturated rings. The quantitative estimate of drug-likeness (QED) is 0.425. The number of unbranched alkanes of at least 4 members (excludes halogenated alkanes) is 9. The number of hydrogen-bond donors (Lipinski definition) is 1. The molecule has 0 heterocycles. The number of carbonyl (C=O) groups is 1. The Morgan fingerprint density at radius 1 is 0.864 bits per heavy atom. The molecule has 1 N–H and O–H groups in total. The van der Waals surface area contributed by atoms with Gasteiger partial charge in [0, 0.05) is 11.4 Å². The number of rotatable bonds is 12. The van der Waals surface area contributed by atoms with Gasteiger partial charge in [-0.1, -0.05) is 94.7 Å². The summed E-state index contributed by atoms with van der Waals surface area (Å²) in [4.78, 5) is 11.7. The zero-order valence-corrected chi connectivity index (χ0v) is 14.8. The first-order valence-corrected chi connectivity index (χ1v) is 9.80. The molecule has 22 heavy (non-hydrogen) atoms. The summed E-state index contributed by atoms with van der Waals surface area (Å²) in [5.74, 6) is 0.926. The predicted octanol–water partition coefficient (Wildman–Crippen LogP) is 6.87. The minimum Gasteiger partial charge on any atom is -0.317 e. The summed E-state index contributed by atoms with van der Waals surface area (Å²) in [6.45, 7) is 2.26. The van der Waals surface area contributed by atoms with Crippen LogP contribution in [0.3, 0.4) is 0 Å². The summed E-state index contributed by atoms with van der Waals surface area (Å²) in [6.07, 6.45) is 13.4. The van der Waals surface area contributed by atoms with Gasteiger partial charge in [-0.3, -0.25) is 4.79 Å². The molecule has 0 aliphatic heterocycles. The lowest BCUT2D eigenvalue weighted by Crippen LogP contribution is -2.05. The average molecular weight is 322 g/mol. The summed E-state index contributed by atoms with van der Waals surface area (Å²) in [7, 11) is 0. The van der Waals surface area contributed by atoms with E-state index in [1.54, 1.807) is 0 Å².